The molecule has 0 aliphatic heterocycles. The Morgan fingerprint density at radius 3 is 2.61 bits per heavy atom. The molecule has 0 bridgehead atoms. The highest BCUT2D eigenvalue weighted by Crippen LogP contribution is 2.31. The summed E-state index contributed by atoms with van der Waals surface area (Å²) in [5.74, 6) is 0.506. The van der Waals surface area contributed by atoms with Gasteiger partial charge in [-0.3, -0.25) is 4.79 Å². The van der Waals surface area contributed by atoms with Crippen LogP contribution in [-0.2, 0) is 4.79 Å². The second kappa shape index (κ2) is 7.91. The first-order valence-electron chi connectivity index (χ1n) is 6.92. The Hall–Kier alpha value is -1.31. The average Bonchev–Trinajstić information content (AvgIpc) is 3.19. The van der Waals surface area contributed by atoms with Gasteiger partial charge in [0.05, 0.1) is 0 Å². The van der Waals surface area contributed by atoms with Gasteiger partial charge in [-0.1, -0.05) is 37.3 Å². The molecule has 1 aliphatic rings. The summed E-state index contributed by atoms with van der Waals surface area (Å²) in [6.07, 6.45) is 13.6. The molecule has 0 aromatic carbocycles. The number of hydrogen-bond acceptors (Lipinski definition) is 1. The van der Waals surface area contributed by atoms with Gasteiger partial charge in [0.25, 0.3) is 0 Å². The van der Waals surface area contributed by atoms with Crippen LogP contribution in [0.1, 0.15) is 46.0 Å². The molecule has 0 saturated heterocycles. The van der Waals surface area contributed by atoms with Crippen LogP contribution in [-0.4, -0.2) is 17.4 Å². The first kappa shape index (κ1) is 14.7. The molecule has 0 aromatic heterocycles. The Bertz CT molecular complexity index is 337. The van der Waals surface area contributed by atoms with E-state index in [-0.39, 0.29) is 11.8 Å². The molecular weight excluding hydrogens is 222 g/mol. The summed E-state index contributed by atoms with van der Waals surface area (Å²) < 4.78 is 0. The molecule has 18 heavy (non-hydrogen) atoms. The highest BCUT2D eigenvalue weighted by Gasteiger charge is 2.32. The summed E-state index contributed by atoms with van der Waals surface area (Å²) in [7, 11) is 0. The highest BCUT2D eigenvalue weighted by atomic mass is 16.2. The maximum Gasteiger partial charge on any atom is 0.229 e. The molecule has 1 saturated carbocycles. The van der Waals surface area contributed by atoms with Crippen molar-refractivity contribution in [1.82, 2.24) is 4.90 Å². The van der Waals surface area contributed by atoms with Gasteiger partial charge in [-0.2, -0.15) is 0 Å². The summed E-state index contributed by atoms with van der Waals surface area (Å²) in [5, 5.41) is 0. The monoisotopic (exact) mass is 247 g/mol. The largest absolute Gasteiger partial charge is 0.315 e. The number of hydrogen-bond donors (Lipinski definition) is 0. The molecule has 0 radical (unpaired) electrons. The van der Waals surface area contributed by atoms with Crippen molar-refractivity contribution >= 4 is 5.91 Å². The Balaban J connectivity index is 2.33. The van der Waals surface area contributed by atoms with Crippen LogP contribution in [0, 0.1) is 5.92 Å². The van der Waals surface area contributed by atoms with Crippen LogP contribution in [0.15, 0.2) is 36.6 Å². The Morgan fingerprint density at radius 2 is 2.06 bits per heavy atom. The Kier molecular flexibility index (Phi) is 6.48. The lowest BCUT2D eigenvalue weighted by molar-refractivity contribution is -0.129. The lowest BCUT2D eigenvalue weighted by atomic mass is 10.2. The predicted molar refractivity (Wildman–Crippen MR) is 77.1 cm³/mol. The molecule has 2 heteroatoms. The van der Waals surface area contributed by atoms with E-state index in [1.54, 1.807) is 11.1 Å². The van der Waals surface area contributed by atoms with Crippen molar-refractivity contribution in [3.05, 3.63) is 36.6 Å². The first-order valence-corrected chi connectivity index (χ1v) is 6.92. The van der Waals surface area contributed by atoms with E-state index in [0.29, 0.717) is 6.54 Å². The number of allylic oxidation sites excluding steroid dienone is 3. The summed E-state index contributed by atoms with van der Waals surface area (Å²) in [4.78, 5) is 13.7. The van der Waals surface area contributed by atoms with Crippen molar-refractivity contribution in [1.29, 1.82) is 0 Å². The number of carbonyl (C=O) groups excluding carboxylic acids is 1. The Labute approximate surface area is 111 Å². The third-order valence-electron chi connectivity index (χ3n) is 3.08. The van der Waals surface area contributed by atoms with E-state index in [2.05, 4.69) is 38.7 Å². The van der Waals surface area contributed by atoms with Crippen molar-refractivity contribution in [2.75, 3.05) is 6.54 Å². The van der Waals surface area contributed by atoms with Crippen molar-refractivity contribution in [2.45, 2.75) is 46.0 Å². The highest BCUT2D eigenvalue weighted by molar-refractivity contribution is 5.82. The molecule has 0 unspecified atom stereocenters. The summed E-state index contributed by atoms with van der Waals surface area (Å²) >= 11 is 0. The first-order chi connectivity index (χ1) is 8.69. The number of unbranched alkanes of at least 4 members (excludes halogenated alkanes) is 1. The zero-order chi connectivity index (χ0) is 13.4. The van der Waals surface area contributed by atoms with Gasteiger partial charge in [-0.25, -0.2) is 0 Å². The molecule has 0 heterocycles. The van der Waals surface area contributed by atoms with E-state index >= 15 is 0 Å². The predicted octanol–water partition coefficient (Wildman–Crippen LogP) is 4.06. The van der Waals surface area contributed by atoms with Gasteiger partial charge in [-0.15, -0.1) is 0 Å². The fraction of sp³-hybridized carbons (Fsp3) is 0.562. The molecule has 0 spiro atoms. The van der Waals surface area contributed by atoms with E-state index < -0.39 is 0 Å². The van der Waals surface area contributed by atoms with E-state index in [4.69, 9.17) is 0 Å². The molecule has 1 aliphatic carbocycles. The number of rotatable bonds is 8. The summed E-state index contributed by atoms with van der Waals surface area (Å²) in [6, 6.07) is 0. The van der Waals surface area contributed by atoms with Gasteiger partial charge in [0.15, 0.2) is 0 Å². The fourth-order valence-electron chi connectivity index (χ4n) is 1.84. The standard InChI is InChI=1S/C16H25NO/c1-4-6-7-8-9-10-14(3)13-17(5-2)16(18)15-11-12-15/h5-7,10,15H,2,4,8-9,11-13H2,1,3H3. The van der Waals surface area contributed by atoms with E-state index in [9.17, 15) is 4.79 Å². The van der Waals surface area contributed by atoms with Crippen molar-refractivity contribution in [3.63, 3.8) is 0 Å². The van der Waals surface area contributed by atoms with Gasteiger partial charge in [0.1, 0.15) is 0 Å². The third-order valence-corrected chi connectivity index (χ3v) is 3.08. The van der Waals surface area contributed by atoms with Crippen LogP contribution in [0.25, 0.3) is 0 Å². The minimum atomic E-state index is 0.239. The maximum atomic E-state index is 11.9. The smallest absolute Gasteiger partial charge is 0.229 e. The van der Waals surface area contributed by atoms with Crippen LogP contribution >= 0.6 is 0 Å². The molecule has 1 rings (SSSR count). The van der Waals surface area contributed by atoms with Gasteiger partial charge in [-0.05, 0) is 45.2 Å². The molecule has 2 nitrogen and oxygen atoms in total. The topological polar surface area (TPSA) is 20.3 Å². The zero-order valence-electron chi connectivity index (χ0n) is 11.7. The normalized spacial score (nSPS) is 16.0. The number of carbonyl (C=O) groups is 1. The summed E-state index contributed by atoms with van der Waals surface area (Å²) in [6.45, 7) is 8.65. The molecule has 0 N–H and O–H groups in total. The quantitative estimate of drug-likeness (QED) is 0.468. The average molecular weight is 247 g/mol. The van der Waals surface area contributed by atoms with Gasteiger partial charge >= 0.3 is 0 Å². The van der Waals surface area contributed by atoms with E-state index in [1.165, 1.54) is 5.57 Å². The molecule has 1 amide bonds. The minimum Gasteiger partial charge on any atom is -0.315 e. The molecule has 0 aromatic rings. The number of amides is 1. The van der Waals surface area contributed by atoms with Crippen molar-refractivity contribution < 1.29 is 4.79 Å². The molecule has 1 fully saturated rings. The maximum absolute atomic E-state index is 11.9. The van der Waals surface area contributed by atoms with Gasteiger partial charge < -0.3 is 4.90 Å². The molecule has 0 atom stereocenters. The van der Waals surface area contributed by atoms with Gasteiger partial charge in [0.2, 0.25) is 5.91 Å². The summed E-state index contributed by atoms with van der Waals surface area (Å²) in [5.41, 5.74) is 1.24. The van der Waals surface area contributed by atoms with Crippen molar-refractivity contribution in [3.8, 4) is 0 Å². The number of nitrogens with zero attached hydrogens (tertiary/aromatic N) is 1. The van der Waals surface area contributed by atoms with E-state index in [1.807, 2.05) is 0 Å². The fourth-order valence-corrected chi connectivity index (χ4v) is 1.84. The second-order valence-corrected chi connectivity index (χ2v) is 4.93. The zero-order valence-corrected chi connectivity index (χ0v) is 11.7. The van der Waals surface area contributed by atoms with Crippen LogP contribution < -0.4 is 0 Å². The SMILES string of the molecule is C=CN(CC(C)=CCCC=CCC)C(=O)C1CC1. The van der Waals surface area contributed by atoms with E-state index in [0.717, 1.165) is 32.1 Å². The van der Waals surface area contributed by atoms with Crippen molar-refractivity contribution in [2.24, 2.45) is 5.92 Å². The van der Waals surface area contributed by atoms with Crippen LogP contribution in [0.4, 0.5) is 0 Å². The molecular formula is C16H25NO. The van der Waals surface area contributed by atoms with Crippen LogP contribution in [0.5, 0.6) is 0 Å². The van der Waals surface area contributed by atoms with Crippen LogP contribution in [0.3, 0.4) is 0 Å². The molecule has 100 valence electrons. The third kappa shape index (κ3) is 5.35. The van der Waals surface area contributed by atoms with Gasteiger partial charge in [0, 0.05) is 12.5 Å². The lowest BCUT2D eigenvalue weighted by Gasteiger charge is -2.18. The minimum absolute atomic E-state index is 0.239. The lowest BCUT2D eigenvalue weighted by Crippen LogP contribution is -2.28. The van der Waals surface area contributed by atoms with Crippen LogP contribution in [0.2, 0.25) is 0 Å². The second-order valence-electron chi connectivity index (χ2n) is 4.93. The Morgan fingerprint density at radius 1 is 1.33 bits per heavy atom.